The molecular formula is C46H75N5O7S. The minimum Gasteiger partial charge on any atom is -0.345 e. The average Bonchev–Trinajstić information content (AvgIpc) is 3.62. The van der Waals surface area contributed by atoms with Crippen molar-refractivity contribution in [3.05, 3.63) is 12.7 Å². The number of fused-ring (bicyclic) bond motifs is 1. The van der Waals surface area contributed by atoms with Gasteiger partial charge in [0, 0.05) is 49.9 Å². The van der Waals surface area contributed by atoms with E-state index in [2.05, 4.69) is 49.2 Å². The van der Waals surface area contributed by atoms with Crippen LogP contribution in [0.25, 0.3) is 0 Å². The molecule has 4 saturated carbocycles. The summed E-state index contributed by atoms with van der Waals surface area (Å²) in [5.41, 5.74) is -2.26. The molecule has 0 aromatic rings. The zero-order valence-electron chi connectivity index (χ0n) is 37.7. The van der Waals surface area contributed by atoms with Gasteiger partial charge >= 0.3 is 10.2 Å². The number of hydrogen-bond acceptors (Lipinski definition) is 8. The van der Waals surface area contributed by atoms with Gasteiger partial charge in [-0.3, -0.25) is 28.9 Å². The summed E-state index contributed by atoms with van der Waals surface area (Å²) in [5, 5.41) is 3.25. The van der Waals surface area contributed by atoms with Crippen molar-refractivity contribution in [1.29, 1.82) is 0 Å². The Morgan fingerprint density at radius 2 is 1.53 bits per heavy atom. The summed E-state index contributed by atoms with van der Waals surface area (Å²) in [5.74, 6) is -2.52. The fourth-order valence-corrected chi connectivity index (χ4v) is 14.0. The van der Waals surface area contributed by atoms with E-state index in [1.807, 2.05) is 20.8 Å². The molecule has 2 heterocycles. The van der Waals surface area contributed by atoms with Crippen LogP contribution in [0.3, 0.4) is 0 Å². The van der Waals surface area contributed by atoms with Crippen LogP contribution in [-0.2, 0) is 34.2 Å². The molecule has 2 aliphatic heterocycles. The molecule has 7 atom stereocenters. The number of Topliss-reactive ketones (excluding diaryl/α,β-unsaturated/α-hetero) is 2. The second-order valence-electron chi connectivity index (χ2n) is 21.2. The van der Waals surface area contributed by atoms with Gasteiger partial charge in [0.25, 0.3) is 0 Å². The first kappa shape index (κ1) is 45.9. The van der Waals surface area contributed by atoms with Gasteiger partial charge in [0.05, 0.1) is 23.5 Å². The van der Waals surface area contributed by atoms with Gasteiger partial charge in [-0.05, 0) is 99.8 Å². The van der Waals surface area contributed by atoms with Gasteiger partial charge in [0.15, 0.2) is 11.6 Å². The Kier molecular flexibility index (Phi) is 12.9. The third-order valence-corrected chi connectivity index (χ3v) is 18.5. The molecule has 2 spiro atoms. The molecule has 3 amide bonds. The van der Waals surface area contributed by atoms with Crippen molar-refractivity contribution in [2.45, 2.75) is 176 Å². The van der Waals surface area contributed by atoms with E-state index >= 15 is 4.79 Å². The lowest BCUT2D eigenvalue weighted by atomic mass is 9.73. The van der Waals surface area contributed by atoms with Crippen LogP contribution in [-0.4, -0.2) is 102 Å². The number of hydrogen-bond donors (Lipinski definition) is 2. The normalized spacial score (nSPS) is 31.2. The molecule has 6 rings (SSSR count). The van der Waals surface area contributed by atoms with E-state index < -0.39 is 44.9 Å². The summed E-state index contributed by atoms with van der Waals surface area (Å²) in [6, 6.07) is -1.57. The van der Waals surface area contributed by atoms with Crippen molar-refractivity contribution in [3.8, 4) is 0 Å². The predicted molar refractivity (Wildman–Crippen MR) is 229 cm³/mol. The number of allylic oxidation sites excluding steroid dienone is 1. The lowest BCUT2D eigenvalue weighted by molar-refractivity contribution is -0.147. The Bertz CT molecular complexity index is 1770. The maximum Gasteiger partial charge on any atom is 0.303 e. The van der Waals surface area contributed by atoms with Gasteiger partial charge in [0.1, 0.15) is 0 Å². The maximum atomic E-state index is 15.3. The van der Waals surface area contributed by atoms with Crippen LogP contribution in [0, 0.1) is 44.8 Å². The molecule has 59 heavy (non-hydrogen) atoms. The van der Waals surface area contributed by atoms with E-state index in [4.69, 9.17) is 0 Å². The Morgan fingerprint density at radius 3 is 2.03 bits per heavy atom. The van der Waals surface area contributed by atoms with Crippen LogP contribution in [0.15, 0.2) is 12.7 Å². The topological polar surface area (TPSA) is 153 Å². The number of rotatable bonds is 17. The zero-order valence-corrected chi connectivity index (χ0v) is 38.5. The molecular weight excluding hydrogens is 767 g/mol. The Labute approximate surface area is 355 Å². The van der Waals surface area contributed by atoms with Crippen LogP contribution >= 0.6 is 0 Å². The van der Waals surface area contributed by atoms with Gasteiger partial charge in [-0.1, -0.05) is 80.2 Å². The van der Waals surface area contributed by atoms with E-state index in [9.17, 15) is 27.6 Å². The number of likely N-dealkylation sites (tertiary alicyclic amines) is 2. The molecule has 0 aromatic heterocycles. The quantitative estimate of drug-likeness (QED) is 0.164. The average molecular weight is 842 g/mol. The fraction of sp³-hybridized carbons (Fsp3) is 0.848. The Hall–Kier alpha value is -2.64. The maximum absolute atomic E-state index is 15.3. The highest BCUT2D eigenvalue weighted by molar-refractivity contribution is 7.87. The van der Waals surface area contributed by atoms with E-state index in [0.717, 1.165) is 70.8 Å². The smallest absolute Gasteiger partial charge is 0.303 e. The van der Waals surface area contributed by atoms with Crippen molar-refractivity contribution < 1.29 is 32.4 Å². The van der Waals surface area contributed by atoms with Crippen LogP contribution in [0.2, 0.25) is 0 Å². The first-order chi connectivity index (χ1) is 27.6. The highest BCUT2D eigenvalue weighted by Crippen LogP contribution is 2.88. The summed E-state index contributed by atoms with van der Waals surface area (Å²) in [6.07, 6.45) is 11.8. The molecule has 2 N–H and O–H groups in total. The van der Waals surface area contributed by atoms with Gasteiger partial charge in [-0.2, -0.15) is 12.7 Å². The summed E-state index contributed by atoms with van der Waals surface area (Å²) < 4.78 is 29.8. The number of nitrogens with zero attached hydrogens (tertiary/aromatic N) is 3. The minimum atomic E-state index is -4.12. The molecule has 0 radical (unpaired) electrons. The Balaban J connectivity index is 1.28. The number of amides is 3. The molecule has 0 bridgehead atoms. The number of nitrogens with one attached hydrogen (secondary N) is 2. The first-order valence-electron chi connectivity index (χ1n) is 22.9. The third kappa shape index (κ3) is 7.89. The van der Waals surface area contributed by atoms with Crippen LogP contribution in [0.5, 0.6) is 0 Å². The lowest BCUT2D eigenvalue weighted by Gasteiger charge is -2.39. The number of carbonyl (C=O) groups is 5. The molecule has 6 fully saturated rings. The molecule has 12 nitrogen and oxygen atoms in total. The molecule has 2 saturated heterocycles. The molecule has 1 unspecified atom stereocenters. The fourth-order valence-electron chi connectivity index (χ4n) is 12.7. The molecule has 6 aliphatic rings. The van der Waals surface area contributed by atoms with Crippen LogP contribution in [0.1, 0.15) is 152 Å². The highest BCUT2D eigenvalue weighted by atomic mass is 32.2. The summed E-state index contributed by atoms with van der Waals surface area (Å²) in [4.78, 5) is 76.9. The minimum absolute atomic E-state index is 0.0117. The van der Waals surface area contributed by atoms with Gasteiger partial charge in [-0.25, -0.2) is 4.72 Å². The molecule has 332 valence electrons. The second-order valence-corrected chi connectivity index (χ2v) is 22.8. The van der Waals surface area contributed by atoms with Gasteiger partial charge < -0.3 is 10.2 Å². The van der Waals surface area contributed by atoms with Crippen molar-refractivity contribution >= 4 is 39.5 Å². The van der Waals surface area contributed by atoms with Crippen molar-refractivity contribution in [3.63, 3.8) is 0 Å². The van der Waals surface area contributed by atoms with Crippen LogP contribution < -0.4 is 10.0 Å². The van der Waals surface area contributed by atoms with E-state index in [1.54, 1.807) is 24.8 Å². The standard InChI is InChI=1S/C46H75N5O7S/c1-11-32-26-44(32,41(56)48-59(57,58)49(12-2)13-3)28-37(53)35-27-46(43(9,10)45(46)22-18-23-45)29-51(35)40(55)33(42(6,7)8)25-36(52)38(31-19-14-15-20-31)47-39(54)34-21-16-17-24-50(34)30(4)5/h11,30-35,38H,1,12-29H2,2-10H3,(H,47,54)(H,48,56)/t32-,33-,34+,35+,38?,44-,46-/m1/s1. The summed E-state index contributed by atoms with van der Waals surface area (Å²) >= 11 is 0. The number of piperidine rings is 1. The lowest BCUT2D eigenvalue weighted by Crippen LogP contribution is -2.57. The van der Waals surface area contributed by atoms with E-state index in [-0.39, 0.29) is 89.5 Å². The van der Waals surface area contributed by atoms with Crippen molar-refractivity contribution in [2.75, 3.05) is 26.2 Å². The van der Waals surface area contributed by atoms with Crippen molar-refractivity contribution in [1.82, 2.24) is 24.1 Å². The van der Waals surface area contributed by atoms with Crippen LogP contribution in [0.4, 0.5) is 0 Å². The van der Waals surface area contributed by atoms with Gasteiger partial charge in [0.2, 0.25) is 17.7 Å². The SMILES string of the molecule is C=C[C@@H]1C[C@]1(CC(=O)[C@@H]1C[C@@]2(CN1C(=O)[C@@H](CC(=O)C(NC(=O)[C@@H]1CCCCN1C(C)C)C1CCCC1)C(C)(C)C)C(C)(C)C21CCC1)C(=O)NS(=O)(=O)N(CC)CC. The largest absolute Gasteiger partial charge is 0.345 e. The third-order valence-electron chi connectivity index (χ3n) is 16.9. The van der Waals surface area contributed by atoms with E-state index in [1.165, 1.54) is 4.31 Å². The Morgan fingerprint density at radius 1 is 0.898 bits per heavy atom. The summed E-state index contributed by atoms with van der Waals surface area (Å²) in [6.45, 7) is 23.6. The second kappa shape index (κ2) is 16.6. The molecule has 13 heteroatoms. The monoisotopic (exact) mass is 842 g/mol. The predicted octanol–water partition coefficient (Wildman–Crippen LogP) is 6.20. The van der Waals surface area contributed by atoms with E-state index in [0.29, 0.717) is 19.4 Å². The van der Waals surface area contributed by atoms with Gasteiger partial charge in [-0.15, -0.1) is 6.58 Å². The first-order valence-corrected chi connectivity index (χ1v) is 24.4. The molecule has 4 aliphatic carbocycles. The van der Waals surface area contributed by atoms with Crippen molar-refractivity contribution in [2.24, 2.45) is 44.8 Å². The summed E-state index contributed by atoms with van der Waals surface area (Å²) in [7, 11) is -4.12. The highest BCUT2D eigenvalue weighted by Gasteiger charge is 2.85. The number of ketones is 2. The number of carbonyl (C=O) groups excluding carboxylic acids is 5. The molecule has 0 aromatic carbocycles. The zero-order chi connectivity index (χ0) is 43.5.